The van der Waals surface area contributed by atoms with E-state index < -0.39 is 0 Å². The van der Waals surface area contributed by atoms with Gasteiger partial charge in [0.1, 0.15) is 5.69 Å². The van der Waals surface area contributed by atoms with E-state index in [1.165, 1.54) is 0 Å². The fraction of sp³-hybridized carbons (Fsp3) is 0.643. The van der Waals surface area contributed by atoms with E-state index in [1.54, 1.807) is 12.3 Å². The highest BCUT2D eigenvalue weighted by atomic mass is 35.5. The van der Waals surface area contributed by atoms with Gasteiger partial charge < -0.3 is 15.0 Å². The molecule has 4 nitrogen and oxygen atoms in total. The third-order valence-electron chi connectivity index (χ3n) is 3.03. The molecule has 0 saturated carbocycles. The number of aromatic nitrogens is 1. The van der Waals surface area contributed by atoms with Crippen LogP contribution in [0.5, 0.6) is 0 Å². The Hall–Kier alpha value is -1.00. The molecule has 108 valence electrons. The smallest absolute Gasteiger partial charge is 0.267 e. The molecule has 1 aromatic rings. The molecule has 19 heavy (non-hydrogen) atoms. The molecule has 1 unspecified atom stereocenters. The van der Waals surface area contributed by atoms with Crippen LogP contribution in [0.3, 0.4) is 0 Å². The van der Waals surface area contributed by atoms with Crippen molar-refractivity contribution in [2.45, 2.75) is 39.7 Å². The largest absolute Gasteiger partial charge is 0.396 e. The summed E-state index contributed by atoms with van der Waals surface area (Å²) in [6, 6.07) is 1.70. The Morgan fingerprint density at radius 3 is 2.95 bits per heavy atom. The maximum atomic E-state index is 12.0. The second kappa shape index (κ2) is 8.23. The predicted octanol–water partition coefficient (Wildman–Crippen LogP) is 2.69. The van der Waals surface area contributed by atoms with Crippen molar-refractivity contribution >= 4 is 17.5 Å². The highest BCUT2D eigenvalue weighted by Gasteiger charge is 2.12. The number of nitrogens with one attached hydrogen (secondary N) is 1. The summed E-state index contributed by atoms with van der Waals surface area (Å²) in [6.45, 7) is 5.66. The lowest BCUT2D eigenvalue weighted by Gasteiger charge is -2.10. The molecule has 2 N–H and O–H groups in total. The van der Waals surface area contributed by atoms with Crippen LogP contribution in [0.15, 0.2) is 12.3 Å². The van der Waals surface area contributed by atoms with Gasteiger partial charge in [-0.05, 0) is 31.2 Å². The van der Waals surface area contributed by atoms with Gasteiger partial charge >= 0.3 is 0 Å². The summed E-state index contributed by atoms with van der Waals surface area (Å²) in [6.07, 6.45) is 4.52. The summed E-state index contributed by atoms with van der Waals surface area (Å²) in [7, 11) is 0. The Bertz CT molecular complexity index is 404. The molecule has 0 aliphatic heterocycles. The van der Waals surface area contributed by atoms with Gasteiger partial charge in [-0.25, -0.2) is 0 Å². The summed E-state index contributed by atoms with van der Waals surface area (Å²) in [5.41, 5.74) is 0.613. The van der Waals surface area contributed by atoms with Crippen molar-refractivity contribution in [2.75, 3.05) is 13.2 Å². The second-order valence-corrected chi connectivity index (χ2v) is 5.36. The van der Waals surface area contributed by atoms with Crippen molar-refractivity contribution in [1.29, 1.82) is 0 Å². The fourth-order valence-corrected chi connectivity index (χ4v) is 2.15. The Balaban J connectivity index is 2.45. The summed E-state index contributed by atoms with van der Waals surface area (Å²) in [5, 5.41) is 12.4. The van der Waals surface area contributed by atoms with E-state index in [4.69, 9.17) is 16.7 Å². The van der Waals surface area contributed by atoms with Crippen LogP contribution in [-0.2, 0) is 6.54 Å². The standard InChI is InChI=1S/C14H23ClN2O2/c1-3-7-17-9-12(15)8-13(17)14(19)16-6-4-5-11(2)10-18/h8-9,11,18H,3-7,10H2,1-2H3,(H,16,19). The fourth-order valence-electron chi connectivity index (χ4n) is 1.93. The highest BCUT2D eigenvalue weighted by Crippen LogP contribution is 2.14. The molecule has 0 aromatic carbocycles. The van der Waals surface area contributed by atoms with Crippen LogP contribution in [0.4, 0.5) is 0 Å². The maximum Gasteiger partial charge on any atom is 0.267 e. The number of nitrogens with zero attached hydrogens (tertiary/aromatic N) is 1. The molecule has 0 radical (unpaired) electrons. The Labute approximate surface area is 119 Å². The lowest BCUT2D eigenvalue weighted by Crippen LogP contribution is -2.27. The minimum atomic E-state index is -0.0861. The van der Waals surface area contributed by atoms with Crippen LogP contribution in [0.1, 0.15) is 43.6 Å². The van der Waals surface area contributed by atoms with Crippen LogP contribution < -0.4 is 5.32 Å². The topological polar surface area (TPSA) is 54.3 Å². The average Bonchev–Trinajstić information content (AvgIpc) is 2.75. The number of hydrogen-bond donors (Lipinski definition) is 2. The number of rotatable bonds is 8. The zero-order valence-corrected chi connectivity index (χ0v) is 12.4. The summed E-state index contributed by atoms with van der Waals surface area (Å²) in [4.78, 5) is 12.0. The van der Waals surface area contributed by atoms with Crippen molar-refractivity contribution in [3.05, 3.63) is 23.0 Å². The molecule has 1 rings (SSSR count). The van der Waals surface area contributed by atoms with Crippen LogP contribution in [-0.4, -0.2) is 28.7 Å². The van der Waals surface area contributed by atoms with Gasteiger partial charge in [-0.2, -0.15) is 0 Å². The van der Waals surface area contributed by atoms with Crippen LogP contribution >= 0.6 is 11.6 Å². The Morgan fingerprint density at radius 2 is 2.32 bits per heavy atom. The first-order valence-corrected chi connectivity index (χ1v) is 7.21. The molecule has 5 heteroatoms. The van der Waals surface area contributed by atoms with Crippen molar-refractivity contribution in [3.63, 3.8) is 0 Å². The van der Waals surface area contributed by atoms with Gasteiger partial charge in [0, 0.05) is 25.9 Å². The third-order valence-corrected chi connectivity index (χ3v) is 3.24. The van der Waals surface area contributed by atoms with Crippen molar-refractivity contribution in [2.24, 2.45) is 5.92 Å². The van der Waals surface area contributed by atoms with E-state index in [1.807, 2.05) is 11.5 Å². The molecule has 0 aliphatic carbocycles. The molecule has 0 aliphatic rings. The molecule has 1 heterocycles. The number of aliphatic hydroxyl groups is 1. The quantitative estimate of drug-likeness (QED) is 0.722. The molecule has 1 atom stereocenters. The number of amides is 1. The van der Waals surface area contributed by atoms with E-state index >= 15 is 0 Å². The van der Waals surface area contributed by atoms with Gasteiger partial charge in [-0.15, -0.1) is 0 Å². The monoisotopic (exact) mass is 286 g/mol. The van der Waals surface area contributed by atoms with Gasteiger partial charge in [0.2, 0.25) is 0 Å². The first-order chi connectivity index (χ1) is 9.08. The molecule has 0 spiro atoms. The first kappa shape index (κ1) is 16.1. The lowest BCUT2D eigenvalue weighted by molar-refractivity contribution is 0.0942. The minimum absolute atomic E-state index is 0.0861. The number of aryl methyl sites for hydroxylation is 1. The van der Waals surface area contributed by atoms with Gasteiger partial charge in [0.15, 0.2) is 0 Å². The minimum Gasteiger partial charge on any atom is -0.396 e. The second-order valence-electron chi connectivity index (χ2n) is 4.92. The zero-order valence-electron chi connectivity index (χ0n) is 11.7. The average molecular weight is 287 g/mol. The summed E-state index contributed by atoms with van der Waals surface area (Å²) >= 11 is 5.94. The molecular weight excluding hydrogens is 264 g/mol. The van der Waals surface area contributed by atoms with E-state index in [0.29, 0.717) is 17.3 Å². The van der Waals surface area contributed by atoms with Crippen LogP contribution in [0, 0.1) is 5.92 Å². The SMILES string of the molecule is CCCn1cc(Cl)cc1C(=O)NCCCC(C)CO. The Kier molecular flexibility index (Phi) is 6.95. The van der Waals surface area contributed by atoms with Crippen molar-refractivity contribution in [3.8, 4) is 0 Å². The van der Waals surface area contributed by atoms with E-state index in [-0.39, 0.29) is 18.4 Å². The molecule has 1 amide bonds. The normalized spacial score (nSPS) is 12.4. The number of hydrogen-bond acceptors (Lipinski definition) is 2. The number of aliphatic hydroxyl groups excluding tert-OH is 1. The van der Waals surface area contributed by atoms with E-state index in [0.717, 1.165) is 25.8 Å². The number of carbonyl (C=O) groups excluding carboxylic acids is 1. The van der Waals surface area contributed by atoms with Gasteiger partial charge in [-0.1, -0.05) is 25.4 Å². The first-order valence-electron chi connectivity index (χ1n) is 6.83. The zero-order chi connectivity index (χ0) is 14.3. The lowest BCUT2D eigenvalue weighted by atomic mass is 10.1. The maximum absolute atomic E-state index is 12.0. The molecule has 0 fully saturated rings. The third kappa shape index (κ3) is 5.25. The van der Waals surface area contributed by atoms with E-state index in [9.17, 15) is 4.79 Å². The molecular formula is C14H23ClN2O2. The van der Waals surface area contributed by atoms with Gasteiger partial charge in [0.05, 0.1) is 5.02 Å². The number of carbonyl (C=O) groups is 1. The molecule has 0 bridgehead atoms. The van der Waals surface area contributed by atoms with Gasteiger partial charge in [0.25, 0.3) is 5.91 Å². The summed E-state index contributed by atoms with van der Waals surface area (Å²) < 4.78 is 1.88. The predicted molar refractivity (Wildman–Crippen MR) is 77.6 cm³/mol. The summed E-state index contributed by atoms with van der Waals surface area (Å²) in [5.74, 6) is 0.201. The Morgan fingerprint density at radius 1 is 1.58 bits per heavy atom. The molecule has 1 aromatic heterocycles. The number of halogens is 1. The van der Waals surface area contributed by atoms with Crippen LogP contribution in [0.25, 0.3) is 0 Å². The highest BCUT2D eigenvalue weighted by molar-refractivity contribution is 6.31. The van der Waals surface area contributed by atoms with Crippen molar-refractivity contribution < 1.29 is 9.90 Å². The van der Waals surface area contributed by atoms with Gasteiger partial charge in [-0.3, -0.25) is 4.79 Å². The van der Waals surface area contributed by atoms with E-state index in [2.05, 4.69) is 12.2 Å². The van der Waals surface area contributed by atoms with Crippen LogP contribution in [0.2, 0.25) is 5.02 Å². The molecule has 0 saturated heterocycles. The van der Waals surface area contributed by atoms with Crippen molar-refractivity contribution in [1.82, 2.24) is 9.88 Å².